The van der Waals surface area contributed by atoms with Crippen LogP contribution in [0.3, 0.4) is 0 Å². The number of fused-ring (bicyclic) bond motifs is 7. The lowest BCUT2D eigenvalue weighted by atomic mass is 9.72. The van der Waals surface area contributed by atoms with Crippen molar-refractivity contribution in [2.45, 2.75) is 57.8 Å². The number of para-hydroxylation sites is 1. The number of allylic oxidation sites excluding steroid dienone is 1. The highest BCUT2D eigenvalue weighted by atomic mass is 16.5. The number of hydrogen-bond acceptors (Lipinski definition) is 8. The molecule has 0 saturated carbocycles. The van der Waals surface area contributed by atoms with Gasteiger partial charge in [-0.25, -0.2) is 9.97 Å². The van der Waals surface area contributed by atoms with E-state index in [0.29, 0.717) is 34.7 Å². The van der Waals surface area contributed by atoms with E-state index in [1.807, 2.05) is 52.1 Å². The summed E-state index contributed by atoms with van der Waals surface area (Å²) < 4.78 is 20.4. The maximum absolute atomic E-state index is 14.1. The van der Waals surface area contributed by atoms with Gasteiger partial charge in [0.1, 0.15) is 23.2 Å². The third-order valence-corrected chi connectivity index (χ3v) is 10.6. The number of nitrogens with zero attached hydrogens (tertiary/aromatic N) is 2. The predicted octanol–water partition coefficient (Wildman–Crippen LogP) is 6.76. The minimum atomic E-state index is -1.02. The molecule has 0 radical (unpaired) electrons. The third-order valence-electron chi connectivity index (χ3n) is 10.6. The lowest BCUT2D eigenvalue weighted by Crippen LogP contribution is -2.49. The number of nitrogens with one attached hydrogen (secondary N) is 4. The number of rotatable bonds is 3. The molecular formula is C40H34N6O5. The van der Waals surface area contributed by atoms with Crippen molar-refractivity contribution in [3.8, 4) is 39.8 Å². The number of aromatic amines is 1. The van der Waals surface area contributed by atoms with Crippen LogP contribution in [0.4, 0.5) is 5.69 Å². The van der Waals surface area contributed by atoms with E-state index < -0.39 is 23.7 Å². The molecule has 4 aliphatic heterocycles. The standard InChI is InChI=1S/C40H34N6O5/c1-18(2)13-30(47)43-27-15-20-11-12-28-25(14-20)40-24-9-5-8-22(33(24)46-39(40)50-28)21-7-6-10-26-31(21)23(16-41-26)29-17-42-37(49-29)34-35(40)51-38(45-34)32(19(3)4)44-36(27)48/h5-14,16-17,19,27,32,39,41,46H,15H2,1-4H3,(H,43,47)(H,44,48)/t27-,32-,39?,40-/m0/s1. The highest BCUT2D eigenvalue weighted by molar-refractivity contribution is 6.07. The van der Waals surface area contributed by atoms with Crippen molar-refractivity contribution in [3.05, 3.63) is 107 Å². The van der Waals surface area contributed by atoms with Crippen LogP contribution in [-0.4, -0.2) is 39.0 Å². The van der Waals surface area contributed by atoms with E-state index in [0.717, 1.165) is 55.5 Å². The molecule has 10 rings (SSSR count). The van der Waals surface area contributed by atoms with Crippen LogP contribution in [0.5, 0.6) is 5.75 Å². The Labute approximate surface area is 292 Å². The Bertz CT molecular complexity index is 2500. The van der Waals surface area contributed by atoms with Crippen molar-refractivity contribution in [2.75, 3.05) is 5.32 Å². The summed E-state index contributed by atoms with van der Waals surface area (Å²) in [7, 11) is 0. The highest BCUT2D eigenvalue weighted by Gasteiger charge is 2.61. The summed E-state index contributed by atoms with van der Waals surface area (Å²) in [6.07, 6.45) is 4.82. The summed E-state index contributed by atoms with van der Waals surface area (Å²) in [5, 5.41) is 10.9. The Morgan fingerprint density at radius 1 is 1.02 bits per heavy atom. The topological polar surface area (TPSA) is 147 Å². The van der Waals surface area contributed by atoms with Gasteiger partial charge in [-0.05, 0) is 43.0 Å². The van der Waals surface area contributed by atoms with Gasteiger partial charge < -0.3 is 34.5 Å². The van der Waals surface area contributed by atoms with Gasteiger partial charge in [-0.15, -0.1) is 0 Å². The summed E-state index contributed by atoms with van der Waals surface area (Å²) >= 11 is 0. The number of H-pyrrole nitrogens is 1. The van der Waals surface area contributed by atoms with Crippen LogP contribution in [-0.2, 0) is 21.4 Å². The second-order valence-electron chi connectivity index (χ2n) is 14.4. The van der Waals surface area contributed by atoms with Gasteiger partial charge in [0.25, 0.3) is 0 Å². The molecule has 1 spiro atoms. The van der Waals surface area contributed by atoms with Crippen molar-refractivity contribution in [2.24, 2.45) is 5.92 Å². The van der Waals surface area contributed by atoms with Gasteiger partial charge in [-0.1, -0.05) is 61.9 Å². The van der Waals surface area contributed by atoms with Crippen molar-refractivity contribution in [3.63, 3.8) is 0 Å². The SMILES string of the molecule is CC(C)=CC(=O)N[C@H]1Cc2ccc3c(c2)[C@]24c5cccc(c5NC2O3)-c2cccc3[nH]cc(c23)-c2cnc(o2)-c2nc(oc24)[C@H](C(C)C)NC1=O. The van der Waals surface area contributed by atoms with E-state index in [4.69, 9.17) is 23.5 Å². The molecule has 4 atom stereocenters. The first-order valence-electron chi connectivity index (χ1n) is 17.2. The largest absolute Gasteiger partial charge is 0.469 e. The summed E-state index contributed by atoms with van der Waals surface area (Å²) in [5.41, 5.74) is 7.72. The zero-order chi connectivity index (χ0) is 34.8. The number of hydrogen-bond donors (Lipinski definition) is 4. The molecule has 11 heteroatoms. The second-order valence-corrected chi connectivity index (χ2v) is 14.4. The fourth-order valence-electron chi connectivity index (χ4n) is 8.33. The Hall–Kier alpha value is -6.10. The molecule has 254 valence electrons. The Morgan fingerprint density at radius 2 is 1.86 bits per heavy atom. The van der Waals surface area contributed by atoms with Gasteiger partial charge in [-0.3, -0.25) is 9.59 Å². The van der Waals surface area contributed by atoms with Gasteiger partial charge in [-0.2, -0.15) is 0 Å². The molecule has 0 aliphatic carbocycles. The quantitative estimate of drug-likeness (QED) is 0.150. The van der Waals surface area contributed by atoms with Crippen LogP contribution in [0.25, 0.3) is 44.9 Å². The molecule has 11 nitrogen and oxygen atoms in total. The van der Waals surface area contributed by atoms with Crippen LogP contribution in [0.2, 0.25) is 0 Å². The third kappa shape index (κ3) is 4.11. The van der Waals surface area contributed by atoms with E-state index in [2.05, 4.69) is 57.3 Å². The summed E-state index contributed by atoms with van der Waals surface area (Å²) in [5.74, 6) is 1.57. The Balaban J connectivity index is 1.30. The zero-order valence-electron chi connectivity index (χ0n) is 28.4. The van der Waals surface area contributed by atoms with Crippen molar-refractivity contribution in [1.29, 1.82) is 0 Å². The van der Waals surface area contributed by atoms with Crippen LogP contribution in [0, 0.1) is 5.92 Å². The fraction of sp³-hybridized carbons (Fsp3) is 0.250. The Morgan fingerprint density at radius 3 is 2.71 bits per heavy atom. The number of amides is 2. The first-order valence-corrected chi connectivity index (χ1v) is 17.2. The van der Waals surface area contributed by atoms with Gasteiger partial charge in [0.2, 0.25) is 23.6 Å². The minimum absolute atomic E-state index is 0.127. The average molecular weight is 679 g/mol. The van der Waals surface area contributed by atoms with Crippen molar-refractivity contribution < 1.29 is 23.2 Å². The van der Waals surface area contributed by atoms with E-state index in [1.165, 1.54) is 6.08 Å². The monoisotopic (exact) mass is 678 g/mol. The molecule has 51 heavy (non-hydrogen) atoms. The molecule has 1 unspecified atom stereocenters. The van der Waals surface area contributed by atoms with Gasteiger partial charge >= 0.3 is 0 Å². The van der Waals surface area contributed by atoms with Crippen molar-refractivity contribution >= 4 is 28.4 Å². The maximum Gasteiger partial charge on any atom is 0.249 e. The van der Waals surface area contributed by atoms with Crippen molar-refractivity contribution in [1.82, 2.24) is 25.6 Å². The molecule has 0 fully saturated rings. The van der Waals surface area contributed by atoms with Gasteiger partial charge in [0, 0.05) is 57.5 Å². The smallest absolute Gasteiger partial charge is 0.249 e. The van der Waals surface area contributed by atoms with E-state index in [9.17, 15) is 9.59 Å². The molecule has 2 amide bonds. The van der Waals surface area contributed by atoms with Crippen LogP contribution >= 0.6 is 0 Å². The maximum atomic E-state index is 14.1. The minimum Gasteiger partial charge on any atom is -0.469 e. The van der Waals surface area contributed by atoms with Gasteiger partial charge in [0.15, 0.2) is 23.4 Å². The summed E-state index contributed by atoms with van der Waals surface area (Å²) in [4.78, 5) is 40.5. The van der Waals surface area contributed by atoms with E-state index in [-0.39, 0.29) is 24.2 Å². The lowest BCUT2D eigenvalue weighted by Gasteiger charge is -2.28. The van der Waals surface area contributed by atoms with Gasteiger partial charge in [0.05, 0.1) is 6.20 Å². The van der Waals surface area contributed by atoms with E-state index in [1.54, 1.807) is 6.20 Å². The molecule has 3 aromatic heterocycles. The number of carbonyl (C=O) groups excluding carboxylic acids is 2. The van der Waals surface area contributed by atoms with Crippen LogP contribution in [0.1, 0.15) is 62.1 Å². The Kier molecular flexibility index (Phi) is 6.11. The summed E-state index contributed by atoms with van der Waals surface area (Å²) in [6.45, 7) is 7.68. The number of carbonyl (C=O) groups is 2. The molecule has 7 heterocycles. The molecule has 10 bridgehead atoms. The number of ether oxygens (including phenoxy) is 1. The number of oxazole rings is 2. The normalized spacial score (nSPS) is 21.9. The van der Waals surface area contributed by atoms with Crippen LogP contribution < -0.4 is 20.7 Å². The molecule has 0 saturated heterocycles. The lowest BCUT2D eigenvalue weighted by molar-refractivity contribution is -0.128. The molecule has 4 aliphatic rings. The average Bonchev–Trinajstić information content (AvgIpc) is 3.92. The molecule has 3 aromatic carbocycles. The second kappa shape index (κ2) is 10.5. The number of anilines is 1. The first kappa shape index (κ1) is 29.8. The van der Waals surface area contributed by atoms with Crippen LogP contribution in [0.15, 0.2) is 87.5 Å². The zero-order valence-corrected chi connectivity index (χ0v) is 28.4. The fourth-order valence-corrected chi connectivity index (χ4v) is 8.33. The number of benzene rings is 3. The predicted molar refractivity (Wildman–Crippen MR) is 190 cm³/mol. The molecule has 4 N–H and O–H groups in total. The highest BCUT2D eigenvalue weighted by Crippen LogP contribution is 2.61. The van der Waals surface area contributed by atoms with E-state index >= 15 is 0 Å². The number of aromatic nitrogens is 3. The summed E-state index contributed by atoms with van der Waals surface area (Å²) in [6, 6.07) is 17.0. The molecule has 6 aromatic rings. The molecular weight excluding hydrogens is 644 g/mol. The first-order chi connectivity index (χ1) is 24.7.